The molecule has 1 N–H and O–H groups in total. The maximum Gasteiger partial charge on any atom is 0.126 e. The predicted octanol–water partition coefficient (Wildman–Crippen LogP) is 2.42. The van der Waals surface area contributed by atoms with Crippen LogP contribution in [-0.2, 0) is 6.42 Å². The van der Waals surface area contributed by atoms with Crippen molar-refractivity contribution in [3.05, 3.63) is 35.6 Å². The molecule has 76 valence electrons. The molecule has 14 heavy (non-hydrogen) atoms. The molecular formula is C11H14FNS. The van der Waals surface area contributed by atoms with Crippen LogP contribution in [0.25, 0.3) is 0 Å². The summed E-state index contributed by atoms with van der Waals surface area (Å²) in [5.41, 5.74) is 0.803. The summed E-state index contributed by atoms with van der Waals surface area (Å²) in [5.74, 6) is 1.02. The second kappa shape index (κ2) is 3.91. The van der Waals surface area contributed by atoms with Gasteiger partial charge in [-0.05, 0) is 18.6 Å². The van der Waals surface area contributed by atoms with E-state index in [9.17, 15) is 4.39 Å². The van der Waals surface area contributed by atoms with Gasteiger partial charge >= 0.3 is 0 Å². The van der Waals surface area contributed by atoms with Gasteiger partial charge < -0.3 is 5.32 Å². The molecule has 0 bridgehead atoms. The maximum atomic E-state index is 13.4. The summed E-state index contributed by atoms with van der Waals surface area (Å²) in [6.45, 7) is 3.16. The van der Waals surface area contributed by atoms with Gasteiger partial charge in [-0.2, -0.15) is 0 Å². The third-order valence-corrected chi connectivity index (χ3v) is 3.84. The zero-order valence-corrected chi connectivity index (χ0v) is 9.03. The zero-order valence-electron chi connectivity index (χ0n) is 8.22. The Kier molecular flexibility index (Phi) is 2.79. The number of hydrogen-bond acceptors (Lipinski definition) is 2. The van der Waals surface area contributed by atoms with Crippen molar-refractivity contribution in [2.24, 2.45) is 0 Å². The normalized spacial score (nSPS) is 26.7. The first-order valence-corrected chi connectivity index (χ1v) is 5.81. The molecule has 1 aromatic rings. The second-order valence-corrected chi connectivity index (χ2v) is 5.37. The number of rotatable bonds is 2. The number of benzene rings is 1. The van der Waals surface area contributed by atoms with Crippen LogP contribution in [0.3, 0.4) is 0 Å². The first-order valence-electron chi connectivity index (χ1n) is 4.82. The molecule has 0 saturated carbocycles. The van der Waals surface area contributed by atoms with Crippen LogP contribution in [0.5, 0.6) is 0 Å². The highest BCUT2D eigenvalue weighted by Crippen LogP contribution is 2.30. The Labute approximate surface area is 88.1 Å². The van der Waals surface area contributed by atoms with Crippen LogP contribution in [-0.4, -0.2) is 17.2 Å². The monoisotopic (exact) mass is 211 g/mol. The van der Waals surface area contributed by atoms with E-state index in [1.807, 2.05) is 23.9 Å². The smallest absolute Gasteiger partial charge is 0.126 e. The SMILES string of the molecule is CC1(Cc2ccccc2F)NCCS1. The lowest BCUT2D eigenvalue weighted by Crippen LogP contribution is -2.36. The quantitative estimate of drug-likeness (QED) is 0.806. The Morgan fingerprint density at radius 1 is 1.50 bits per heavy atom. The Bertz CT molecular complexity index is 321. The summed E-state index contributed by atoms with van der Waals surface area (Å²) in [7, 11) is 0. The minimum Gasteiger partial charge on any atom is -0.302 e. The molecule has 1 atom stereocenters. The summed E-state index contributed by atoms with van der Waals surface area (Å²) in [4.78, 5) is 0.0161. The van der Waals surface area contributed by atoms with Crippen LogP contribution >= 0.6 is 11.8 Å². The lowest BCUT2D eigenvalue weighted by atomic mass is 10.1. The Balaban J connectivity index is 2.14. The summed E-state index contributed by atoms with van der Waals surface area (Å²) < 4.78 is 13.4. The van der Waals surface area contributed by atoms with E-state index in [0.29, 0.717) is 0 Å². The Morgan fingerprint density at radius 2 is 2.29 bits per heavy atom. The minimum absolute atomic E-state index is 0.0161. The van der Waals surface area contributed by atoms with E-state index in [-0.39, 0.29) is 10.7 Å². The average Bonchev–Trinajstić information content (AvgIpc) is 2.57. The van der Waals surface area contributed by atoms with Crippen LogP contribution in [0.2, 0.25) is 0 Å². The van der Waals surface area contributed by atoms with Crippen LogP contribution in [0.4, 0.5) is 4.39 Å². The molecule has 1 unspecified atom stereocenters. The molecule has 0 radical (unpaired) electrons. The topological polar surface area (TPSA) is 12.0 Å². The first kappa shape index (κ1) is 9.99. The fourth-order valence-corrected chi connectivity index (χ4v) is 2.88. The van der Waals surface area contributed by atoms with Gasteiger partial charge in [0.2, 0.25) is 0 Å². The van der Waals surface area contributed by atoms with Crippen molar-refractivity contribution in [1.82, 2.24) is 5.32 Å². The van der Waals surface area contributed by atoms with E-state index in [1.165, 1.54) is 6.07 Å². The number of thioether (sulfide) groups is 1. The van der Waals surface area contributed by atoms with Gasteiger partial charge in [0.1, 0.15) is 5.82 Å². The second-order valence-electron chi connectivity index (χ2n) is 3.77. The van der Waals surface area contributed by atoms with Crippen molar-refractivity contribution in [2.75, 3.05) is 12.3 Å². The van der Waals surface area contributed by atoms with E-state index in [1.54, 1.807) is 6.07 Å². The van der Waals surface area contributed by atoms with Crippen LogP contribution in [0, 0.1) is 5.82 Å². The average molecular weight is 211 g/mol. The van der Waals surface area contributed by atoms with E-state index in [4.69, 9.17) is 0 Å². The third kappa shape index (κ3) is 2.10. The molecule has 1 heterocycles. The van der Waals surface area contributed by atoms with Gasteiger partial charge in [-0.1, -0.05) is 18.2 Å². The summed E-state index contributed by atoms with van der Waals surface area (Å²) >= 11 is 1.87. The molecule has 1 aliphatic rings. The van der Waals surface area contributed by atoms with E-state index >= 15 is 0 Å². The molecule has 0 amide bonds. The molecule has 2 rings (SSSR count). The van der Waals surface area contributed by atoms with Gasteiger partial charge in [-0.25, -0.2) is 4.39 Å². The van der Waals surface area contributed by atoms with Gasteiger partial charge in [-0.15, -0.1) is 11.8 Å². The summed E-state index contributed by atoms with van der Waals surface area (Å²) in [6, 6.07) is 7.01. The van der Waals surface area contributed by atoms with Crippen molar-refractivity contribution in [3.8, 4) is 0 Å². The van der Waals surface area contributed by atoms with E-state index < -0.39 is 0 Å². The Morgan fingerprint density at radius 3 is 2.93 bits per heavy atom. The molecular weight excluding hydrogens is 197 g/mol. The molecule has 1 nitrogen and oxygen atoms in total. The van der Waals surface area contributed by atoms with Crippen molar-refractivity contribution < 1.29 is 4.39 Å². The Hall–Kier alpha value is -0.540. The molecule has 0 aliphatic carbocycles. The molecule has 1 aromatic carbocycles. The van der Waals surface area contributed by atoms with E-state index in [2.05, 4.69) is 12.2 Å². The van der Waals surface area contributed by atoms with Crippen molar-refractivity contribution in [3.63, 3.8) is 0 Å². The van der Waals surface area contributed by atoms with E-state index in [0.717, 1.165) is 24.3 Å². The van der Waals surface area contributed by atoms with Gasteiger partial charge in [-0.3, -0.25) is 0 Å². The third-order valence-electron chi connectivity index (χ3n) is 2.51. The van der Waals surface area contributed by atoms with Crippen molar-refractivity contribution in [1.29, 1.82) is 0 Å². The molecule has 1 fully saturated rings. The van der Waals surface area contributed by atoms with Gasteiger partial charge in [0.15, 0.2) is 0 Å². The summed E-state index contributed by atoms with van der Waals surface area (Å²) in [5, 5.41) is 3.40. The van der Waals surface area contributed by atoms with Gasteiger partial charge in [0.25, 0.3) is 0 Å². The van der Waals surface area contributed by atoms with Gasteiger partial charge in [0, 0.05) is 18.7 Å². The van der Waals surface area contributed by atoms with Crippen molar-refractivity contribution in [2.45, 2.75) is 18.2 Å². The minimum atomic E-state index is -0.0944. The molecule has 3 heteroatoms. The predicted molar refractivity (Wildman–Crippen MR) is 59.0 cm³/mol. The standard InChI is InChI=1S/C11H14FNS/c1-11(13-6-7-14-11)8-9-4-2-3-5-10(9)12/h2-5,13H,6-8H2,1H3. The number of halogens is 1. The lowest BCUT2D eigenvalue weighted by Gasteiger charge is -2.23. The highest BCUT2D eigenvalue weighted by atomic mass is 32.2. The number of hydrogen-bond donors (Lipinski definition) is 1. The number of nitrogens with one attached hydrogen (secondary N) is 1. The first-order chi connectivity index (χ1) is 6.70. The van der Waals surface area contributed by atoms with Crippen LogP contribution < -0.4 is 5.32 Å². The fourth-order valence-electron chi connectivity index (χ4n) is 1.76. The van der Waals surface area contributed by atoms with Crippen LogP contribution in [0.1, 0.15) is 12.5 Å². The maximum absolute atomic E-state index is 13.4. The zero-order chi connectivity index (χ0) is 10.0. The largest absolute Gasteiger partial charge is 0.302 e. The molecule has 0 aromatic heterocycles. The van der Waals surface area contributed by atoms with Crippen LogP contribution in [0.15, 0.2) is 24.3 Å². The van der Waals surface area contributed by atoms with Gasteiger partial charge in [0.05, 0.1) is 4.87 Å². The highest BCUT2D eigenvalue weighted by Gasteiger charge is 2.29. The molecule has 0 spiro atoms. The summed E-state index contributed by atoms with van der Waals surface area (Å²) in [6.07, 6.45) is 0.754. The fraction of sp³-hybridized carbons (Fsp3) is 0.455. The molecule has 1 saturated heterocycles. The van der Waals surface area contributed by atoms with Crippen molar-refractivity contribution >= 4 is 11.8 Å². The lowest BCUT2D eigenvalue weighted by molar-refractivity contribution is 0.521. The molecule has 1 aliphatic heterocycles. The highest BCUT2D eigenvalue weighted by molar-refractivity contribution is 8.00.